The van der Waals surface area contributed by atoms with Crippen LogP contribution >= 0.6 is 0 Å². The average molecular weight is 344 g/mol. The van der Waals surface area contributed by atoms with E-state index in [9.17, 15) is 9.90 Å². The fourth-order valence-corrected chi connectivity index (χ4v) is 6.31. The van der Waals surface area contributed by atoms with Crippen LogP contribution in [0.1, 0.15) is 62.0 Å². The molecule has 4 nitrogen and oxygen atoms in total. The van der Waals surface area contributed by atoms with Gasteiger partial charge in [-0.25, -0.2) is 0 Å². The highest BCUT2D eigenvalue weighted by Crippen LogP contribution is 2.63. The Balaban J connectivity index is 1.70. The van der Waals surface area contributed by atoms with E-state index in [1.54, 1.807) is 7.11 Å². The minimum absolute atomic E-state index is 0.0676. The molecule has 0 saturated heterocycles. The molecule has 1 N–H and O–H groups in total. The predicted octanol–water partition coefficient (Wildman–Crippen LogP) is 3.98. The molecule has 0 aromatic heterocycles. The first-order valence-electron chi connectivity index (χ1n) is 9.49. The lowest BCUT2D eigenvalue weighted by Crippen LogP contribution is -2.45. The fraction of sp³-hybridized carbons (Fsp3) is 0.667. The third-order valence-electron chi connectivity index (χ3n) is 7.40. The van der Waals surface area contributed by atoms with E-state index in [-0.39, 0.29) is 11.5 Å². The molecule has 6 atom stereocenters. The molecule has 0 radical (unpaired) electrons. The van der Waals surface area contributed by atoms with Crippen molar-refractivity contribution in [2.45, 2.75) is 57.0 Å². The highest BCUT2D eigenvalue weighted by molar-refractivity contribution is 5.43. The lowest BCUT2D eigenvalue weighted by molar-refractivity contribution is -0.142. The number of phenols is 1. The molecule has 25 heavy (non-hydrogen) atoms. The van der Waals surface area contributed by atoms with E-state index >= 15 is 0 Å². The van der Waals surface area contributed by atoms with Gasteiger partial charge < -0.3 is 14.6 Å². The van der Waals surface area contributed by atoms with Gasteiger partial charge in [-0.05, 0) is 73.1 Å². The molecule has 136 valence electrons. The van der Waals surface area contributed by atoms with Crippen LogP contribution in [0.4, 0.5) is 0 Å². The summed E-state index contributed by atoms with van der Waals surface area (Å²) in [6, 6.07) is 5.89. The van der Waals surface area contributed by atoms with Gasteiger partial charge >= 0.3 is 0 Å². The Labute approximate surface area is 149 Å². The first-order chi connectivity index (χ1) is 12.1. The molecule has 1 aromatic carbocycles. The van der Waals surface area contributed by atoms with Gasteiger partial charge in [0.05, 0.1) is 6.61 Å². The Hall–Kier alpha value is -1.55. The van der Waals surface area contributed by atoms with Crippen molar-refractivity contribution in [2.24, 2.45) is 17.3 Å². The summed E-state index contributed by atoms with van der Waals surface area (Å²) in [6.45, 7) is 3.65. The van der Waals surface area contributed by atoms with Crippen molar-refractivity contribution in [3.63, 3.8) is 0 Å². The molecule has 0 spiro atoms. The molecule has 3 aliphatic carbocycles. The normalized spacial score (nSPS) is 39.2. The smallest absolute Gasteiger partial charge is 0.293 e. The van der Waals surface area contributed by atoms with Crippen LogP contribution < -0.4 is 0 Å². The molecule has 4 heteroatoms. The quantitative estimate of drug-likeness (QED) is 0.840. The van der Waals surface area contributed by atoms with Gasteiger partial charge in [0, 0.05) is 18.4 Å². The lowest BCUT2D eigenvalue weighted by Gasteiger charge is -2.51. The second-order valence-corrected chi connectivity index (χ2v) is 8.42. The topological polar surface area (TPSA) is 55.8 Å². The minimum atomic E-state index is 0.0676. The molecule has 3 aliphatic rings. The van der Waals surface area contributed by atoms with Gasteiger partial charge in [0.1, 0.15) is 11.9 Å². The predicted molar refractivity (Wildman–Crippen MR) is 94.6 cm³/mol. The molecule has 2 saturated carbocycles. The van der Waals surface area contributed by atoms with Gasteiger partial charge in [0.25, 0.3) is 6.47 Å². The second kappa shape index (κ2) is 6.31. The number of aromatic hydroxyl groups is 1. The number of carbonyl (C=O) groups is 1. The van der Waals surface area contributed by atoms with Crippen LogP contribution in [0.15, 0.2) is 18.2 Å². The largest absolute Gasteiger partial charge is 0.508 e. The van der Waals surface area contributed by atoms with E-state index in [1.807, 2.05) is 12.1 Å². The van der Waals surface area contributed by atoms with Crippen LogP contribution in [0, 0.1) is 17.3 Å². The van der Waals surface area contributed by atoms with Gasteiger partial charge in [-0.15, -0.1) is 0 Å². The number of benzene rings is 1. The maximum absolute atomic E-state index is 10.9. The van der Waals surface area contributed by atoms with Gasteiger partial charge in [-0.3, -0.25) is 4.79 Å². The average Bonchev–Trinajstić information content (AvgIpc) is 2.93. The molecule has 1 aromatic rings. The van der Waals surface area contributed by atoms with Crippen molar-refractivity contribution >= 4 is 6.47 Å². The monoisotopic (exact) mass is 344 g/mol. The van der Waals surface area contributed by atoms with E-state index in [4.69, 9.17) is 9.47 Å². The number of carbonyl (C=O) groups excluding carboxylic acids is 1. The first-order valence-corrected chi connectivity index (χ1v) is 9.49. The summed E-state index contributed by atoms with van der Waals surface area (Å²) in [5, 5.41) is 9.96. The van der Waals surface area contributed by atoms with Crippen LogP contribution in [0.2, 0.25) is 0 Å². The van der Waals surface area contributed by atoms with Crippen molar-refractivity contribution in [2.75, 3.05) is 13.7 Å². The van der Waals surface area contributed by atoms with Gasteiger partial charge in [0.15, 0.2) is 0 Å². The SMILES string of the molecule is COC[C@@H]1C[C@@H]2[C@H](CC[C@]3(C)[C@@H](OC=O)CC[C@@H]23)c2ccc(O)cc21. The molecule has 0 aliphatic heterocycles. The van der Waals surface area contributed by atoms with Gasteiger partial charge in [0.2, 0.25) is 0 Å². The molecular formula is C21H28O4. The van der Waals surface area contributed by atoms with Crippen molar-refractivity contribution in [3.05, 3.63) is 29.3 Å². The second-order valence-electron chi connectivity index (χ2n) is 8.42. The Morgan fingerprint density at radius 2 is 2.12 bits per heavy atom. The highest BCUT2D eigenvalue weighted by Gasteiger charge is 2.56. The summed E-state index contributed by atoms with van der Waals surface area (Å²) in [5.41, 5.74) is 2.77. The minimum Gasteiger partial charge on any atom is -0.508 e. The van der Waals surface area contributed by atoms with E-state index in [0.717, 1.165) is 32.1 Å². The molecule has 4 rings (SSSR count). The Morgan fingerprint density at radius 1 is 1.28 bits per heavy atom. The number of hydrogen-bond acceptors (Lipinski definition) is 4. The Bertz CT molecular complexity index is 657. The number of hydrogen-bond donors (Lipinski definition) is 1. The first kappa shape index (κ1) is 16.9. The third kappa shape index (κ3) is 2.57. The Morgan fingerprint density at radius 3 is 2.88 bits per heavy atom. The van der Waals surface area contributed by atoms with E-state index < -0.39 is 0 Å². The highest BCUT2D eigenvalue weighted by atomic mass is 16.5. The fourth-order valence-electron chi connectivity index (χ4n) is 6.31. The van der Waals surface area contributed by atoms with Gasteiger partial charge in [-0.1, -0.05) is 13.0 Å². The number of rotatable bonds is 4. The lowest BCUT2D eigenvalue weighted by atomic mass is 9.54. The summed E-state index contributed by atoms with van der Waals surface area (Å²) in [7, 11) is 1.75. The van der Waals surface area contributed by atoms with Gasteiger partial charge in [-0.2, -0.15) is 0 Å². The van der Waals surface area contributed by atoms with E-state index in [0.29, 0.717) is 42.5 Å². The van der Waals surface area contributed by atoms with Crippen LogP contribution in [-0.4, -0.2) is 31.4 Å². The zero-order valence-electron chi connectivity index (χ0n) is 15.1. The maximum Gasteiger partial charge on any atom is 0.293 e. The molecule has 0 amide bonds. The van der Waals surface area contributed by atoms with Crippen LogP contribution in [0.25, 0.3) is 0 Å². The zero-order valence-corrected chi connectivity index (χ0v) is 15.1. The molecule has 0 unspecified atom stereocenters. The number of methoxy groups -OCH3 is 1. The van der Waals surface area contributed by atoms with Crippen LogP contribution in [0.3, 0.4) is 0 Å². The van der Waals surface area contributed by atoms with Crippen LogP contribution in [-0.2, 0) is 14.3 Å². The third-order valence-corrected chi connectivity index (χ3v) is 7.40. The Kier molecular flexibility index (Phi) is 4.27. The number of fused-ring (bicyclic) bond motifs is 5. The van der Waals surface area contributed by atoms with Crippen LogP contribution in [0.5, 0.6) is 5.75 Å². The summed E-state index contributed by atoms with van der Waals surface area (Å²) in [5.74, 6) is 2.44. The molecule has 0 bridgehead atoms. The summed E-state index contributed by atoms with van der Waals surface area (Å²) < 4.78 is 11.0. The molecule has 2 fully saturated rings. The summed E-state index contributed by atoms with van der Waals surface area (Å²) in [4.78, 5) is 10.9. The van der Waals surface area contributed by atoms with Crippen molar-refractivity contribution in [1.82, 2.24) is 0 Å². The van der Waals surface area contributed by atoms with Crippen molar-refractivity contribution in [1.29, 1.82) is 0 Å². The summed E-state index contributed by atoms with van der Waals surface area (Å²) >= 11 is 0. The zero-order chi connectivity index (χ0) is 17.6. The molecule has 0 heterocycles. The van der Waals surface area contributed by atoms with E-state index in [2.05, 4.69) is 13.0 Å². The van der Waals surface area contributed by atoms with Crippen molar-refractivity contribution < 1.29 is 19.4 Å². The number of phenolic OH excluding ortho intramolecular Hbond substituents is 1. The van der Waals surface area contributed by atoms with Crippen molar-refractivity contribution in [3.8, 4) is 5.75 Å². The maximum atomic E-state index is 10.9. The standard InChI is InChI=1S/C21H28O4/c1-21-8-7-16-15-4-3-14(23)10-17(15)13(11-24-2)9-18(16)19(21)5-6-20(21)25-12-22/h3-4,10,12-13,16,18-20,23H,5-9,11H2,1-2H3/t13-,16+,18+,19-,20-,21-/m0/s1. The van der Waals surface area contributed by atoms with E-state index in [1.165, 1.54) is 11.1 Å². The summed E-state index contributed by atoms with van der Waals surface area (Å²) in [6.07, 6.45) is 5.53. The molecular weight excluding hydrogens is 316 g/mol. The number of ether oxygens (including phenoxy) is 2.